The Balaban J connectivity index is 1.75. The number of methoxy groups -OCH3 is 1. The van der Waals surface area contributed by atoms with E-state index in [1.54, 1.807) is 31.4 Å². The highest BCUT2D eigenvalue weighted by molar-refractivity contribution is 5.94. The van der Waals surface area contributed by atoms with Crippen LogP contribution in [0.1, 0.15) is 23.5 Å². The number of hydrogen-bond donors (Lipinski definition) is 1. The third kappa shape index (κ3) is 3.13. The first kappa shape index (κ1) is 18.9. The zero-order valence-electron chi connectivity index (χ0n) is 16.6. The van der Waals surface area contributed by atoms with Gasteiger partial charge in [-0.15, -0.1) is 0 Å². The second-order valence-electron chi connectivity index (χ2n) is 7.36. The Bertz CT molecular complexity index is 1350. The molecule has 1 aliphatic heterocycles. The first-order valence-electron chi connectivity index (χ1n) is 9.78. The molecule has 1 atom stereocenters. The quantitative estimate of drug-likeness (QED) is 0.389. The Hall–Kier alpha value is -4.06. The van der Waals surface area contributed by atoms with Crippen LogP contribution in [0, 0.1) is 0 Å². The van der Waals surface area contributed by atoms with Gasteiger partial charge in [-0.05, 0) is 23.3 Å². The van der Waals surface area contributed by atoms with Gasteiger partial charge in [0.05, 0.1) is 19.1 Å². The number of benzene rings is 3. The van der Waals surface area contributed by atoms with Gasteiger partial charge in [0.25, 0.3) is 0 Å². The lowest BCUT2D eigenvalue weighted by molar-refractivity contribution is -0.135. The molecule has 0 radical (unpaired) electrons. The summed E-state index contributed by atoms with van der Waals surface area (Å²) in [5, 5.41) is 10.7. The van der Waals surface area contributed by atoms with Crippen molar-refractivity contribution >= 4 is 16.9 Å². The van der Waals surface area contributed by atoms with E-state index in [1.165, 1.54) is 12.3 Å². The Labute approximate surface area is 177 Å². The highest BCUT2D eigenvalue weighted by atomic mass is 16.5. The largest absolute Gasteiger partial charge is 0.507 e. The van der Waals surface area contributed by atoms with Gasteiger partial charge in [0, 0.05) is 17.5 Å². The van der Waals surface area contributed by atoms with Crippen molar-refractivity contribution in [3.8, 4) is 28.4 Å². The third-order valence-electron chi connectivity index (χ3n) is 5.57. The monoisotopic (exact) mass is 414 g/mol. The van der Waals surface area contributed by atoms with Crippen molar-refractivity contribution in [2.75, 3.05) is 7.11 Å². The summed E-state index contributed by atoms with van der Waals surface area (Å²) in [6, 6.07) is 17.8. The second-order valence-corrected chi connectivity index (χ2v) is 7.36. The lowest BCUT2D eigenvalue weighted by atomic mass is 9.85. The molecule has 5 rings (SSSR count). The zero-order chi connectivity index (χ0) is 21.5. The zero-order valence-corrected chi connectivity index (χ0v) is 16.6. The molecule has 6 heteroatoms. The molecule has 0 fully saturated rings. The van der Waals surface area contributed by atoms with Gasteiger partial charge >= 0.3 is 5.97 Å². The van der Waals surface area contributed by atoms with Crippen molar-refractivity contribution in [3.63, 3.8) is 0 Å². The predicted molar refractivity (Wildman–Crippen MR) is 115 cm³/mol. The molecule has 4 aromatic rings. The lowest BCUT2D eigenvalue weighted by Crippen LogP contribution is -2.22. The van der Waals surface area contributed by atoms with E-state index in [1.807, 2.05) is 30.3 Å². The van der Waals surface area contributed by atoms with Crippen LogP contribution < -0.4 is 14.9 Å². The van der Waals surface area contributed by atoms with Crippen LogP contribution in [-0.2, 0) is 4.79 Å². The van der Waals surface area contributed by atoms with Crippen LogP contribution in [0.4, 0.5) is 0 Å². The molecule has 2 heterocycles. The smallest absolute Gasteiger partial charge is 0.312 e. The summed E-state index contributed by atoms with van der Waals surface area (Å²) < 4.78 is 16.5. The minimum Gasteiger partial charge on any atom is -0.507 e. The summed E-state index contributed by atoms with van der Waals surface area (Å²) in [4.78, 5) is 25.5. The highest BCUT2D eigenvalue weighted by Crippen LogP contribution is 2.45. The third-order valence-corrected chi connectivity index (χ3v) is 5.57. The molecule has 0 aliphatic carbocycles. The molecule has 0 bridgehead atoms. The van der Waals surface area contributed by atoms with Gasteiger partial charge in [-0.2, -0.15) is 0 Å². The normalized spacial score (nSPS) is 15.4. The second kappa shape index (κ2) is 7.32. The van der Waals surface area contributed by atoms with Gasteiger partial charge in [-0.1, -0.05) is 42.5 Å². The molecule has 31 heavy (non-hydrogen) atoms. The summed E-state index contributed by atoms with van der Waals surface area (Å²) in [5.74, 6) is -0.180. The standard InChI is InChI=1S/C25H18O6/c1-29-16-9-7-15(8-10-16)18-13-30-25-22-17(14-5-3-2-4-6-14)11-21(27)31-20(22)12-19(26)23(25)24(18)28/h2-10,12-13,17,26H,11H2,1H3/t17-/m1/s1. The van der Waals surface area contributed by atoms with Crippen molar-refractivity contribution in [1.82, 2.24) is 0 Å². The fourth-order valence-corrected chi connectivity index (χ4v) is 4.07. The van der Waals surface area contributed by atoms with E-state index < -0.39 is 5.97 Å². The van der Waals surface area contributed by atoms with Crippen LogP contribution in [0.3, 0.4) is 0 Å². The molecule has 0 saturated heterocycles. The van der Waals surface area contributed by atoms with Crippen LogP contribution in [0.15, 0.2) is 76.1 Å². The number of esters is 1. The number of phenolic OH excluding ortho intramolecular Hbond substituents is 1. The predicted octanol–water partition coefficient (Wildman–Crippen LogP) is 4.62. The van der Waals surface area contributed by atoms with E-state index in [9.17, 15) is 14.7 Å². The summed E-state index contributed by atoms with van der Waals surface area (Å²) in [5.41, 5.74) is 2.29. The molecule has 0 saturated carbocycles. The van der Waals surface area contributed by atoms with Crippen LogP contribution in [-0.4, -0.2) is 18.2 Å². The number of fused-ring (bicyclic) bond motifs is 3. The summed E-state index contributed by atoms with van der Waals surface area (Å²) in [7, 11) is 1.57. The molecular formula is C25H18O6. The van der Waals surface area contributed by atoms with Crippen molar-refractivity contribution in [2.24, 2.45) is 0 Å². The number of rotatable bonds is 3. The van der Waals surface area contributed by atoms with Crippen molar-refractivity contribution in [2.45, 2.75) is 12.3 Å². The van der Waals surface area contributed by atoms with Crippen LogP contribution in [0.2, 0.25) is 0 Å². The van der Waals surface area contributed by atoms with Crippen LogP contribution in [0.25, 0.3) is 22.1 Å². The molecular weight excluding hydrogens is 396 g/mol. The van der Waals surface area contributed by atoms with E-state index in [-0.39, 0.29) is 40.2 Å². The maximum Gasteiger partial charge on any atom is 0.312 e. The van der Waals surface area contributed by atoms with Gasteiger partial charge in [0.2, 0.25) is 5.43 Å². The molecule has 3 aromatic carbocycles. The molecule has 0 spiro atoms. The van der Waals surface area contributed by atoms with E-state index in [2.05, 4.69) is 0 Å². The minimum absolute atomic E-state index is 0.0611. The first-order valence-corrected chi connectivity index (χ1v) is 9.78. The minimum atomic E-state index is -0.405. The lowest BCUT2D eigenvalue weighted by Gasteiger charge is -2.25. The number of phenols is 1. The molecule has 6 nitrogen and oxygen atoms in total. The maximum absolute atomic E-state index is 13.3. The van der Waals surface area contributed by atoms with Gasteiger partial charge in [-0.25, -0.2) is 0 Å². The van der Waals surface area contributed by atoms with E-state index in [0.717, 1.165) is 5.56 Å². The van der Waals surface area contributed by atoms with Gasteiger partial charge in [-0.3, -0.25) is 9.59 Å². The number of carbonyl (C=O) groups excluding carboxylic acids is 1. The average Bonchev–Trinajstić information content (AvgIpc) is 2.79. The Morgan fingerprint density at radius 1 is 1.03 bits per heavy atom. The van der Waals surface area contributed by atoms with Crippen molar-refractivity contribution in [1.29, 1.82) is 0 Å². The highest BCUT2D eigenvalue weighted by Gasteiger charge is 2.33. The first-order chi connectivity index (χ1) is 15.1. The summed E-state index contributed by atoms with van der Waals surface area (Å²) in [6.07, 6.45) is 1.49. The summed E-state index contributed by atoms with van der Waals surface area (Å²) >= 11 is 0. The van der Waals surface area contributed by atoms with Gasteiger partial charge < -0.3 is 19.0 Å². The topological polar surface area (TPSA) is 86.0 Å². The van der Waals surface area contributed by atoms with E-state index in [0.29, 0.717) is 22.4 Å². The maximum atomic E-state index is 13.3. The Morgan fingerprint density at radius 3 is 2.48 bits per heavy atom. The van der Waals surface area contributed by atoms with Crippen molar-refractivity contribution in [3.05, 3.63) is 88.3 Å². The number of ether oxygens (including phenoxy) is 2. The number of aromatic hydroxyl groups is 1. The number of hydrogen-bond acceptors (Lipinski definition) is 6. The SMILES string of the molecule is COc1ccc(-c2coc3c4c(cc(O)c3c2=O)OC(=O)C[C@@H]4c2ccccc2)cc1. The Morgan fingerprint density at radius 2 is 1.77 bits per heavy atom. The molecule has 154 valence electrons. The molecule has 1 aromatic heterocycles. The van der Waals surface area contributed by atoms with Crippen LogP contribution >= 0.6 is 0 Å². The summed E-state index contributed by atoms with van der Waals surface area (Å²) in [6.45, 7) is 0. The van der Waals surface area contributed by atoms with E-state index in [4.69, 9.17) is 13.9 Å². The fraction of sp³-hybridized carbons (Fsp3) is 0.120. The molecule has 0 amide bonds. The van der Waals surface area contributed by atoms with Gasteiger partial charge in [0.1, 0.15) is 34.5 Å². The Kier molecular flexibility index (Phi) is 4.47. The van der Waals surface area contributed by atoms with Gasteiger partial charge in [0.15, 0.2) is 0 Å². The van der Waals surface area contributed by atoms with E-state index >= 15 is 0 Å². The van der Waals surface area contributed by atoms with Crippen LogP contribution in [0.5, 0.6) is 17.2 Å². The number of carbonyl (C=O) groups is 1. The molecule has 1 aliphatic rings. The molecule has 0 unspecified atom stereocenters. The molecule has 1 N–H and O–H groups in total. The van der Waals surface area contributed by atoms with Crippen molar-refractivity contribution < 1.29 is 23.8 Å². The fourth-order valence-electron chi connectivity index (χ4n) is 4.07. The average molecular weight is 414 g/mol.